The summed E-state index contributed by atoms with van der Waals surface area (Å²) in [6.07, 6.45) is 0. The number of anilines is 1. The van der Waals surface area contributed by atoms with E-state index in [4.69, 9.17) is 0 Å². The molecule has 0 aliphatic heterocycles. The van der Waals surface area contributed by atoms with E-state index in [-0.39, 0.29) is 11.5 Å². The summed E-state index contributed by atoms with van der Waals surface area (Å²) in [5.41, 5.74) is 4.31. The Balaban J connectivity index is 1.58. The van der Waals surface area contributed by atoms with E-state index in [0.29, 0.717) is 28.1 Å². The Hall–Kier alpha value is -4.25. The molecule has 9 nitrogen and oxygen atoms in total. The summed E-state index contributed by atoms with van der Waals surface area (Å²) in [5.74, 6) is 0.634. The molecule has 37 heavy (non-hydrogen) atoms. The van der Waals surface area contributed by atoms with Crippen molar-refractivity contribution in [2.45, 2.75) is 37.7 Å². The minimum atomic E-state index is -0.547. The lowest BCUT2D eigenvalue weighted by Crippen LogP contribution is -2.32. The van der Waals surface area contributed by atoms with Gasteiger partial charge in [0.1, 0.15) is 5.82 Å². The minimum absolute atomic E-state index is 0.0437. The fourth-order valence-corrected chi connectivity index (χ4v) is 4.51. The van der Waals surface area contributed by atoms with E-state index in [0.717, 1.165) is 16.7 Å². The Kier molecular flexibility index (Phi) is 7.83. The number of aromatic nitrogens is 3. The molecule has 1 atom stereocenters. The minimum Gasteiger partial charge on any atom is -0.328 e. The zero-order valence-corrected chi connectivity index (χ0v) is 21.3. The standard InChI is InChI=1S/C26H25FN6O3S/c1-16-4-9-21(14-17(16)2)29-25(34)28-18(3)24-30-31-26(37-15-19-5-7-20(27)8-6-19)32(24)22-10-12-23(13-11-22)33(35)36/h4-14,18H,15H2,1-3H3,(H2,28,29,34). The highest BCUT2D eigenvalue weighted by molar-refractivity contribution is 7.98. The molecule has 1 aromatic heterocycles. The van der Waals surface area contributed by atoms with Gasteiger partial charge in [0.05, 0.1) is 11.0 Å². The number of nitrogens with one attached hydrogen (secondary N) is 2. The van der Waals surface area contributed by atoms with Crippen molar-refractivity contribution in [1.29, 1.82) is 0 Å². The quantitative estimate of drug-likeness (QED) is 0.165. The molecule has 0 saturated heterocycles. The number of benzene rings is 3. The van der Waals surface area contributed by atoms with E-state index in [2.05, 4.69) is 20.8 Å². The van der Waals surface area contributed by atoms with E-state index in [1.807, 2.05) is 32.0 Å². The molecule has 1 unspecified atom stereocenters. The van der Waals surface area contributed by atoms with Crippen LogP contribution in [-0.4, -0.2) is 25.7 Å². The van der Waals surface area contributed by atoms with Crippen LogP contribution >= 0.6 is 11.8 Å². The highest BCUT2D eigenvalue weighted by Gasteiger charge is 2.22. The van der Waals surface area contributed by atoms with Gasteiger partial charge in [0, 0.05) is 29.3 Å². The lowest BCUT2D eigenvalue weighted by atomic mass is 10.1. The molecule has 190 valence electrons. The van der Waals surface area contributed by atoms with Gasteiger partial charge >= 0.3 is 6.03 Å². The van der Waals surface area contributed by atoms with Crippen LogP contribution < -0.4 is 10.6 Å². The third kappa shape index (κ3) is 6.31. The molecule has 0 spiro atoms. The number of non-ortho nitro benzene ring substituents is 1. The molecule has 0 bridgehead atoms. The second kappa shape index (κ2) is 11.2. The Bertz CT molecular complexity index is 1420. The van der Waals surface area contributed by atoms with Crippen molar-refractivity contribution in [3.05, 3.63) is 105 Å². The molecule has 0 saturated carbocycles. The van der Waals surface area contributed by atoms with Gasteiger partial charge < -0.3 is 10.6 Å². The van der Waals surface area contributed by atoms with Gasteiger partial charge in [0.2, 0.25) is 0 Å². The second-order valence-electron chi connectivity index (χ2n) is 8.48. The molecule has 0 fully saturated rings. The number of amides is 2. The van der Waals surface area contributed by atoms with Gasteiger partial charge in [-0.1, -0.05) is 30.0 Å². The van der Waals surface area contributed by atoms with Crippen LogP contribution in [0.3, 0.4) is 0 Å². The number of urea groups is 1. The van der Waals surface area contributed by atoms with E-state index < -0.39 is 17.0 Å². The van der Waals surface area contributed by atoms with Crippen LogP contribution in [0.4, 0.5) is 20.6 Å². The number of halogens is 1. The summed E-state index contributed by atoms with van der Waals surface area (Å²) in [6, 6.07) is 16.9. The number of hydrogen-bond acceptors (Lipinski definition) is 6. The molecule has 0 aliphatic rings. The van der Waals surface area contributed by atoms with E-state index >= 15 is 0 Å². The third-order valence-electron chi connectivity index (χ3n) is 5.76. The number of carbonyl (C=O) groups excluding carboxylic acids is 1. The summed E-state index contributed by atoms with van der Waals surface area (Å²) >= 11 is 1.38. The predicted molar refractivity (Wildman–Crippen MR) is 140 cm³/mol. The molecule has 4 aromatic rings. The number of aryl methyl sites for hydroxylation is 2. The summed E-state index contributed by atoms with van der Waals surface area (Å²) in [7, 11) is 0. The van der Waals surface area contributed by atoms with Crippen molar-refractivity contribution in [1.82, 2.24) is 20.1 Å². The van der Waals surface area contributed by atoms with Crippen LogP contribution in [0.25, 0.3) is 5.69 Å². The number of thioether (sulfide) groups is 1. The van der Waals surface area contributed by atoms with E-state index in [1.165, 1.54) is 36.0 Å². The van der Waals surface area contributed by atoms with Crippen molar-refractivity contribution in [2.75, 3.05) is 5.32 Å². The molecular weight excluding hydrogens is 495 g/mol. The summed E-state index contributed by atoms with van der Waals surface area (Å²) in [4.78, 5) is 23.4. The maximum atomic E-state index is 13.3. The molecule has 11 heteroatoms. The number of nitro benzene ring substituents is 1. The van der Waals surface area contributed by atoms with Gasteiger partial charge in [0.25, 0.3) is 5.69 Å². The Morgan fingerprint density at radius 2 is 1.76 bits per heavy atom. The fraction of sp³-hybridized carbons (Fsp3) is 0.192. The first kappa shape index (κ1) is 25.8. The summed E-state index contributed by atoms with van der Waals surface area (Å²) in [6.45, 7) is 5.75. The monoisotopic (exact) mass is 520 g/mol. The van der Waals surface area contributed by atoms with Crippen LogP contribution in [0.2, 0.25) is 0 Å². The fourth-order valence-electron chi connectivity index (χ4n) is 3.60. The van der Waals surface area contributed by atoms with Gasteiger partial charge in [-0.2, -0.15) is 0 Å². The summed E-state index contributed by atoms with van der Waals surface area (Å²) < 4.78 is 15.0. The number of nitrogens with zero attached hydrogens (tertiary/aromatic N) is 4. The smallest absolute Gasteiger partial charge is 0.319 e. The molecule has 1 heterocycles. The molecule has 0 radical (unpaired) electrons. The van der Waals surface area contributed by atoms with Crippen LogP contribution in [0.15, 0.2) is 71.9 Å². The molecule has 3 aromatic carbocycles. The normalized spacial score (nSPS) is 11.7. The molecule has 0 aliphatic carbocycles. The highest BCUT2D eigenvalue weighted by atomic mass is 32.2. The first-order valence-electron chi connectivity index (χ1n) is 11.4. The predicted octanol–water partition coefficient (Wildman–Crippen LogP) is 6.11. The molecule has 4 rings (SSSR count). The second-order valence-corrected chi connectivity index (χ2v) is 9.43. The van der Waals surface area contributed by atoms with E-state index in [9.17, 15) is 19.3 Å². The first-order valence-corrected chi connectivity index (χ1v) is 12.4. The van der Waals surface area contributed by atoms with Crippen molar-refractivity contribution < 1.29 is 14.1 Å². The lowest BCUT2D eigenvalue weighted by molar-refractivity contribution is -0.384. The number of rotatable bonds is 8. The first-order chi connectivity index (χ1) is 17.7. The van der Waals surface area contributed by atoms with Crippen LogP contribution in [-0.2, 0) is 5.75 Å². The van der Waals surface area contributed by atoms with Crippen molar-refractivity contribution in [3.63, 3.8) is 0 Å². The van der Waals surface area contributed by atoms with Gasteiger partial charge in [-0.25, -0.2) is 9.18 Å². The average Bonchev–Trinajstić information content (AvgIpc) is 3.30. The Morgan fingerprint density at radius 3 is 2.41 bits per heavy atom. The molecular formula is C26H25FN6O3S. The average molecular weight is 521 g/mol. The van der Waals surface area contributed by atoms with Gasteiger partial charge in [0.15, 0.2) is 11.0 Å². The van der Waals surface area contributed by atoms with Crippen molar-refractivity contribution in [3.8, 4) is 5.69 Å². The number of carbonyl (C=O) groups is 1. The van der Waals surface area contributed by atoms with Gasteiger partial charge in [-0.15, -0.1) is 10.2 Å². The van der Waals surface area contributed by atoms with Gasteiger partial charge in [-0.05, 0) is 73.9 Å². The zero-order valence-electron chi connectivity index (χ0n) is 20.4. The SMILES string of the molecule is Cc1ccc(NC(=O)NC(C)c2nnc(SCc3ccc(F)cc3)n2-c2ccc([N+](=O)[O-])cc2)cc1C. The largest absolute Gasteiger partial charge is 0.328 e. The topological polar surface area (TPSA) is 115 Å². The third-order valence-corrected chi connectivity index (χ3v) is 6.76. The lowest BCUT2D eigenvalue weighted by Gasteiger charge is -2.17. The van der Waals surface area contributed by atoms with Gasteiger partial charge in [-0.3, -0.25) is 14.7 Å². The van der Waals surface area contributed by atoms with Crippen LogP contribution in [0.1, 0.15) is 35.5 Å². The Morgan fingerprint density at radius 1 is 1.05 bits per heavy atom. The summed E-state index contributed by atoms with van der Waals surface area (Å²) in [5, 5.41) is 26.0. The van der Waals surface area contributed by atoms with Crippen LogP contribution in [0, 0.1) is 29.8 Å². The zero-order chi connectivity index (χ0) is 26.5. The molecule has 2 N–H and O–H groups in total. The Labute approximate surface area is 217 Å². The number of nitro groups is 1. The maximum Gasteiger partial charge on any atom is 0.319 e. The van der Waals surface area contributed by atoms with E-state index in [1.54, 1.807) is 35.8 Å². The van der Waals surface area contributed by atoms with Crippen LogP contribution in [0.5, 0.6) is 0 Å². The highest BCUT2D eigenvalue weighted by Crippen LogP contribution is 2.28. The molecule has 2 amide bonds. The maximum absolute atomic E-state index is 13.3. The number of hydrogen-bond donors (Lipinski definition) is 2. The van der Waals surface area contributed by atoms with Crippen molar-refractivity contribution >= 4 is 29.2 Å². The van der Waals surface area contributed by atoms with Crippen molar-refractivity contribution in [2.24, 2.45) is 0 Å².